The largest absolute Gasteiger partial charge is 0.493 e. The van der Waals surface area contributed by atoms with Gasteiger partial charge in [-0.3, -0.25) is 4.79 Å². The van der Waals surface area contributed by atoms with Crippen LogP contribution in [-0.4, -0.2) is 20.0 Å². The fraction of sp³-hybridized carbons (Fsp3) is 0.278. The fourth-order valence-electron chi connectivity index (χ4n) is 2.98. The van der Waals surface area contributed by atoms with E-state index in [4.69, 9.17) is 9.47 Å². The van der Waals surface area contributed by atoms with Gasteiger partial charge in [-0.1, -0.05) is 30.3 Å². The van der Waals surface area contributed by atoms with E-state index in [2.05, 4.69) is 0 Å². The zero-order valence-electron chi connectivity index (χ0n) is 12.3. The summed E-state index contributed by atoms with van der Waals surface area (Å²) in [6, 6.07) is 13.8. The van der Waals surface area contributed by atoms with E-state index < -0.39 is 0 Å². The lowest BCUT2D eigenvalue weighted by Crippen LogP contribution is -2.18. The quantitative estimate of drug-likeness (QED) is 0.862. The lowest BCUT2D eigenvalue weighted by Gasteiger charge is -2.24. The molecule has 3 heteroatoms. The minimum Gasteiger partial charge on any atom is -0.493 e. The third kappa shape index (κ3) is 2.51. The highest BCUT2D eigenvalue weighted by Crippen LogP contribution is 2.36. The molecule has 0 fully saturated rings. The molecule has 1 atom stereocenters. The van der Waals surface area contributed by atoms with Crippen molar-refractivity contribution in [2.75, 3.05) is 14.2 Å². The van der Waals surface area contributed by atoms with Gasteiger partial charge in [0.05, 0.1) is 14.2 Å². The Morgan fingerprint density at radius 3 is 2.48 bits per heavy atom. The van der Waals surface area contributed by atoms with Crippen molar-refractivity contribution in [3.05, 3.63) is 59.2 Å². The van der Waals surface area contributed by atoms with Gasteiger partial charge in [-0.2, -0.15) is 0 Å². The molecule has 0 amide bonds. The first-order valence-corrected chi connectivity index (χ1v) is 7.06. The van der Waals surface area contributed by atoms with E-state index in [1.807, 2.05) is 42.5 Å². The Kier molecular flexibility index (Phi) is 3.65. The number of hydrogen-bond donors (Lipinski definition) is 0. The van der Waals surface area contributed by atoms with Crippen molar-refractivity contribution in [3.63, 3.8) is 0 Å². The van der Waals surface area contributed by atoms with Gasteiger partial charge in [0, 0.05) is 12.0 Å². The molecular weight excluding hydrogens is 264 g/mol. The van der Waals surface area contributed by atoms with Crippen LogP contribution in [-0.2, 0) is 6.42 Å². The number of hydrogen-bond acceptors (Lipinski definition) is 3. The van der Waals surface area contributed by atoms with E-state index in [9.17, 15) is 4.79 Å². The van der Waals surface area contributed by atoms with Gasteiger partial charge < -0.3 is 9.47 Å². The molecule has 1 aliphatic rings. The first-order chi connectivity index (χ1) is 10.2. The fourth-order valence-corrected chi connectivity index (χ4v) is 2.98. The monoisotopic (exact) mass is 282 g/mol. The van der Waals surface area contributed by atoms with E-state index in [0.29, 0.717) is 17.9 Å². The molecule has 3 rings (SSSR count). The maximum Gasteiger partial charge on any atom is 0.163 e. The predicted molar refractivity (Wildman–Crippen MR) is 81.4 cm³/mol. The average molecular weight is 282 g/mol. The first kappa shape index (κ1) is 13.7. The number of carbonyl (C=O) groups excluding carboxylic acids is 1. The third-order valence-corrected chi connectivity index (χ3v) is 4.09. The molecule has 1 unspecified atom stereocenters. The number of benzene rings is 2. The van der Waals surface area contributed by atoms with Crippen molar-refractivity contribution in [1.29, 1.82) is 0 Å². The highest BCUT2D eigenvalue weighted by molar-refractivity contribution is 5.99. The van der Waals surface area contributed by atoms with E-state index in [0.717, 1.165) is 23.1 Å². The van der Waals surface area contributed by atoms with E-state index in [-0.39, 0.29) is 11.7 Å². The minimum absolute atomic E-state index is 0.201. The van der Waals surface area contributed by atoms with Crippen LogP contribution in [0.2, 0.25) is 0 Å². The zero-order valence-corrected chi connectivity index (χ0v) is 12.3. The van der Waals surface area contributed by atoms with Crippen LogP contribution in [0.1, 0.15) is 33.8 Å². The summed E-state index contributed by atoms with van der Waals surface area (Å²) in [5, 5.41) is 0. The van der Waals surface area contributed by atoms with Crippen LogP contribution in [0.25, 0.3) is 0 Å². The molecule has 0 saturated carbocycles. The Labute approximate surface area is 124 Å². The van der Waals surface area contributed by atoms with Crippen molar-refractivity contribution in [3.8, 4) is 11.5 Å². The van der Waals surface area contributed by atoms with Gasteiger partial charge in [-0.15, -0.1) is 0 Å². The maximum absolute atomic E-state index is 12.3. The highest BCUT2D eigenvalue weighted by Gasteiger charge is 2.26. The number of ether oxygens (including phenoxy) is 2. The van der Waals surface area contributed by atoms with Crippen LogP contribution in [0.5, 0.6) is 11.5 Å². The van der Waals surface area contributed by atoms with E-state index in [1.54, 1.807) is 14.2 Å². The third-order valence-electron chi connectivity index (χ3n) is 4.09. The second-order valence-corrected chi connectivity index (χ2v) is 5.30. The summed E-state index contributed by atoms with van der Waals surface area (Å²) in [5.74, 6) is 1.84. The number of methoxy groups -OCH3 is 2. The van der Waals surface area contributed by atoms with Crippen LogP contribution < -0.4 is 9.47 Å². The lowest BCUT2D eigenvalue weighted by atomic mass is 9.79. The van der Waals surface area contributed by atoms with Crippen molar-refractivity contribution in [2.45, 2.75) is 18.8 Å². The number of rotatable bonds is 3. The van der Waals surface area contributed by atoms with Crippen molar-refractivity contribution < 1.29 is 14.3 Å². The molecule has 1 aliphatic carbocycles. The highest BCUT2D eigenvalue weighted by atomic mass is 16.5. The van der Waals surface area contributed by atoms with E-state index >= 15 is 0 Å². The van der Waals surface area contributed by atoms with Crippen LogP contribution in [0.4, 0.5) is 0 Å². The molecule has 21 heavy (non-hydrogen) atoms. The molecule has 0 heterocycles. The smallest absolute Gasteiger partial charge is 0.163 e. The molecule has 0 bridgehead atoms. The van der Waals surface area contributed by atoms with Gasteiger partial charge in [0.2, 0.25) is 0 Å². The second-order valence-electron chi connectivity index (χ2n) is 5.30. The van der Waals surface area contributed by atoms with Crippen molar-refractivity contribution in [2.24, 2.45) is 0 Å². The summed E-state index contributed by atoms with van der Waals surface area (Å²) in [7, 11) is 3.25. The summed E-state index contributed by atoms with van der Waals surface area (Å²) in [6.45, 7) is 0. The molecule has 0 spiro atoms. The Morgan fingerprint density at radius 1 is 0.952 bits per heavy atom. The van der Waals surface area contributed by atoms with Crippen LogP contribution in [0.3, 0.4) is 0 Å². The Hall–Kier alpha value is -2.29. The number of Topliss-reactive ketones (excluding diaryl/α,β-unsaturated/α-hetero) is 1. The van der Waals surface area contributed by atoms with E-state index in [1.165, 1.54) is 0 Å². The van der Waals surface area contributed by atoms with Gasteiger partial charge >= 0.3 is 0 Å². The summed E-state index contributed by atoms with van der Waals surface area (Å²) in [6.07, 6.45) is 1.43. The van der Waals surface area contributed by atoms with Gasteiger partial charge in [0.15, 0.2) is 17.3 Å². The zero-order chi connectivity index (χ0) is 14.8. The van der Waals surface area contributed by atoms with Gasteiger partial charge in [-0.05, 0) is 35.6 Å². The average Bonchev–Trinajstić information content (AvgIpc) is 2.54. The molecule has 0 N–H and O–H groups in total. The lowest BCUT2D eigenvalue weighted by molar-refractivity contribution is 0.0964. The molecule has 108 valence electrons. The predicted octanol–water partition coefficient (Wildman–Crippen LogP) is 3.62. The molecule has 0 radical (unpaired) electrons. The Bertz CT molecular complexity index is 676. The Balaban J connectivity index is 1.94. The van der Waals surface area contributed by atoms with Gasteiger partial charge in [-0.25, -0.2) is 0 Å². The number of ketones is 1. The molecule has 0 aliphatic heterocycles. The maximum atomic E-state index is 12.3. The summed E-state index contributed by atoms with van der Waals surface area (Å²) in [5.41, 5.74) is 3.12. The summed E-state index contributed by atoms with van der Waals surface area (Å²) < 4.78 is 10.6. The second kappa shape index (κ2) is 5.60. The molecule has 2 aromatic carbocycles. The molecular formula is C18H18O3. The van der Waals surface area contributed by atoms with Gasteiger partial charge in [0.25, 0.3) is 0 Å². The summed E-state index contributed by atoms with van der Waals surface area (Å²) >= 11 is 0. The SMILES string of the molecule is COc1ccc(C2CC(=O)c3ccccc3C2)cc1OC. The molecule has 3 nitrogen and oxygen atoms in total. The topological polar surface area (TPSA) is 35.5 Å². The van der Waals surface area contributed by atoms with Crippen LogP contribution in [0.15, 0.2) is 42.5 Å². The van der Waals surface area contributed by atoms with Crippen LogP contribution in [0, 0.1) is 0 Å². The van der Waals surface area contributed by atoms with Crippen molar-refractivity contribution >= 4 is 5.78 Å². The van der Waals surface area contributed by atoms with Crippen molar-refractivity contribution in [1.82, 2.24) is 0 Å². The normalized spacial score (nSPS) is 17.2. The first-order valence-electron chi connectivity index (χ1n) is 7.06. The molecule has 0 aromatic heterocycles. The Morgan fingerprint density at radius 2 is 1.71 bits per heavy atom. The number of fused-ring (bicyclic) bond motifs is 1. The minimum atomic E-state index is 0.201. The standard InChI is InChI=1S/C18H18O3/c1-20-17-8-7-12(11-18(17)21-2)14-9-13-5-3-4-6-15(13)16(19)10-14/h3-8,11,14H,9-10H2,1-2H3. The van der Waals surface area contributed by atoms with Crippen LogP contribution >= 0.6 is 0 Å². The molecule has 2 aromatic rings. The molecule has 0 saturated heterocycles. The number of carbonyl (C=O) groups is 1. The van der Waals surface area contributed by atoms with Gasteiger partial charge in [0.1, 0.15) is 0 Å². The summed E-state index contributed by atoms with van der Waals surface area (Å²) in [4.78, 5) is 12.3.